The van der Waals surface area contributed by atoms with Gasteiger partial charge in [0, 0.05) is 23.0 Å². The molecule has 2 aromatic rings. The first kappa shape index (κ1) is 19.2. The SMILES string of the molecule is CCCCc1cn(C(C)(C)C)s/c1=N\C(=O)c1cc(N)ccc1OC. The van der Waals surface area contributed by atoms with Gasteiger partial charge in [-0.2, -0.15) is 4.99 Å². The van der Waals surface area contributed by atoms with Crippen LogP contribution in [0.1, 0.15) is 56.5 Å². The van der Waals surface area contributed by atoms with Crippen LogP contribution >= 0.6 is 11.5 Å². The molecule has 1 aromatic carbocycles. The van der Waals surface area contributed by atoms with Crippen LogP contribution in [-0.2, 0) is 12.0 Å². The molecular weight excluding hydrogens is 334 g/mol. The number of aryl methyl sites for hydroxylation is 1. The van der Waals surface area contributed by atoms with Crippen molar-refractivity contribution in [2.24, 2.45) is 4.99 Å². The number of nitrogens with zero attached hydrogens (tertiary/aromatic N) is 2. The van der Waals surface area contributed by atoms with Crippen molar-refractivity contribution in [1.29, 1.82) is 0 Å². The molecule has 0 atom stereocenters. The van der Waals surface area contributed by atoms with Gasteiger partial charge in [-0.15, -0.1) is 0 Å². The lowest BCUT2D eigenvalue weighted by atomic mass is 10.1. The van der Waals surface area contributed by atoms with E-state index in [1.165, 1.54) is 18.6 Å². The molecule has 0 aliphatic heterocycles. The number of nitrogen functional groups attached to an aromatic ring is 1. The lowest BCUT2D eigenvalue weighted by molar-refractivity contribution is 0.0996. The summed E-state index contributed by atoms with van der Waals surface area (Å²) in [5.41, 5.74) is 7.79. The van der Waals surface area contributed by atoms with E-state index in [9.17, 15) is 4.79 Å². The van der Waals surface area contributed by atoms with Gasteiger partial charge in [0.2, 0.25) is 0 Å². The van der Waals surface area contributed by atoms with E-state index in [-0.39, 0.29) is 11.4 Å². The van der Waals surface area contributed by atoms with Crippen LogP contribution in [0.2, 0.25) is 0 Å². The second-order valence-electron chi connectivity index (χ2n) is 7.03. The number of nitrogens with two attached hydrogens (primary N) is 1. The first-order chi connectivity index (χ1) is 11.8. The molecule has 0 bridgehead atoms. The molecule has 6 heteroatoms. The van der Waals surface area contributed by atoms with E-state index in [0.717, 1.165) is 29.5 Å². The van der Waals surface area contributed by atoms with Crippen molar-refractivity contribution < 1.29 is 9.53 Å². The molecular formula is C19H27N3O2S. The highest BCUT2D eigenvalue weighted by molar-refractivity contribution is 7.04. The average molecular weight is 362 g/mol. The largest absolute Gasteiger partial charge is 0.496 e. The Bertz CT molecular complexity index is 813. The number of unbranched alkanes of at least 4 members (excludes halogenated alkanes) is 1. The van der Waals surface area contributed by atoms with E-state index in [0.29, 0.717) is 17.0 Å². The third kappa shape index (κ3) is 4.72. The summed E-state index contributed by atoms with van der Waals surface area (Å²) < 4.78 is 8.19. The summed E-state index contributed by atoms with van der Waals surface area (Å²) in [4.78, 5) is 17.1. The number of benzene rings is 1. The molecule has 0 saturated heterocycles. The summed E-state index contributed by atoms with van der Waals surface area (Å²) in [6.07, 6.45) is 5.19. The van der Waals surface area contributed by atoms with Crippen LogP contribution in [-0.4, -0.2) is 17.0 Å². The van der Waals surface area contributed by atoms with E-state index in [1.54, 1.807) is 18.2 Å². The molecule has 5 nitrogen and oxygen atoms in total. The van der Waals surface area contributed by atoms with Crippen molar-refractivity contribution in [2.75, 3.05) is 12.8 Å². The second-order valence-corrected chi connectivity index (χ2v) is 7.99. The number of rotatable bonds is 5. The van der Waals surface area contributed by atoms with Gasteiger partial charge >= 0.3 is 0 Å². The van der Waals surface area contributed by atoms with Crippen LogP contribution in [0.15, 0.2) is 29.4 Å². The smallest absolute Gasteiger partial charge is 0.282 e. The van der Waals surface area contributed by atoms with E-state index in [4.69, 9.17) is 10.5 Å². The lowest BCUT2D eigenvalue weighted by Gasteiger charge is -2.19. The van der Waals surface area contributed by atoms with E-state index >= 15 is 0 Å². The number of hydrogen-bond donors (Lipinski definition) is 1. The van der Waals surface area contributed by atoms with Gasteiger partial charge in [0.1, 0.15) is 10.4 Å². The minimum absolute atomic E-state index is 0.0443. The van der Waals surface area contributed by atoms with Gasteiger partial charge in [-0.25, -0.2) is 0 Å². The van der Waals surface area contributed by atoms with Gasteiger partial charge < -0.3 is 10.5 Å². The molecule has 0 spiro atoms. The molecule has 0 unspecified atom stereocenters. The molecule has 1 amide bonds. The fourth-order valence-electron chi connectivity index (χ4n) is 2.38. The third-order valence-corrected chi connectivity index (χ3v) is 5.23. The van der Waals surface area contributed by atoms with Gasteiger partial charge in [0.05, 0.1) is 12.7 Å². The maximum atomic E-state index is 12.7. The quantitative estimate of drug-likeness (QED) is 0.819. The minimum Gasteiger partial charge on any atom is -0.496 e. The summed E-state index contributed by atoms with van der Waals surface area (Å²) in [7, 11) is 1.54. The summed E-state index contributed by atoms with van der Waals surface area (Å²) in [5.74, 6) is 0.156. The molecule has 136 valence electrons. The third-order valence-electron chi connectivity index (χ3n) is 3.85. The molecule has 0 fully saturated rings. The van der Waals surface area contributed by atoms with Crippen LogP contribution in [0.4, 0.5) is 5.69 Å². The first-order valence-corrected chi connectivity index (χ1v) is 9.28. The molecule has 0 radical (unpaired) electrons. The van der Waals surface area contributed by atoms with Crippen molar-refractivity contribution in [1.82, 2.24) is 3.96 Å². The Labute approximate surface area is 153 Å². The predicted octanol–water partition coefficient (Wildman–Crippen LogP) is 3.98. The lowest BCUT2D eigenvalue weighted by Crippen LogP contribution is -2.18. The minimum atomic E-state index is -0.329. The molecule has 25 heavy (non-hydrogen) atoms. The molecule has 2 N–H and O–H groups in total. The summed E-state index contributed by atoms with van der Waals surface area (Å²) in [6, 6.07) is 5.02. The number of aromatic nitrogens is 1. The van der Waals surface area contributed by atoms with Gasteiger partial charge in [-0.1, -0.05) is 13.3 Å². The first-order valence-electron chi connectivity index (χ1n) is 8.51. The topological polar surface area (TPSA) is 69.6 Å². The van der Waals surface area contributed by atoms with Gasteiger partial charge in [0.25, 0.3) is 5.91 Å². The van der Waals surface area contributed by atoms with Crippen LogP contribution in [0.25, 0.3) is 0 Å². The molecule has 2 rings (SSSR count). The Morgan fingerprint density at radius 3 is 2.68 bits per heavy atom. The number of ether oxygens (including phenoxy) is 1. The Morgan fingerprint density at radius 2 is 2.08 bits per heavy atom. The molecule has 1 aromatic heterocycles. The highest BCUT2D eigenvalue weighted by atomic mass is 32.1. The van der Waals surface area contributed by atoms with Gasteiger partial charge in [-0.05, 0) is 63.3 Å². The highest BCUT2D eigenvalue weighted by Gasteiger charge is 2.17. The zero-order valence-electron chi connectivity index (χ0n) is 15.6. The number of hydrogen-bond acceptors (Lipinski definition) is 4. The van der Waals surface area contributed by atoms with Crippen molar-refractivity contribution in [3.63, 3.8) is 0 Å². The van der Waals surface area contributed by atoms with E-state index in [2.05, 4.69) is 42.8 Å². The normalized spacial score (nSPS) is 12.4. The zero-order valence-corrected chi connectivity index (χ0v) is 16.4. The van der Waals surface area contributed by atoms with E-state index < -0.39 is 0 Å². The van der Waals surface area contributed by atoms with Crippen LogP contribution < -0.4 is 15.1 Å². The fraction of sp³-hybridized carbons (Fsp3) is 0.474. The number of amides is 1. The summed E-state index contributed by atoms with van der Waals surface area (Å²) >= 11 is 1.51. The van der Waals surface area contributed by atoms with Crippen LogP contribution in [0.5, 0.6) is 5.75 Å². The molecule has 1 heterocycles. The van der Waals surface area contributed by atoms with Crippen molar-refractivity contribution in [2.45, 2.75) is 52.5 Å². The fourth-order valence-corrected chi connectivity index (χ4v) is 3.42. The summed E-state index contributed by atoms with van der Waals surface area (Å²) in [6.45, 7) is 8.57. The van der Waals surface area contributed by atoms with Crippen molar-refractivity contribution >= 4 is 23.1 Å². The average Bonchev–Trinajstić information content (AvgIpc) is 2.95. The maximum Gasteiger partial charge on any atom is 0.282 e. The predicted molar refractivity (Wildman–Crippen MR) is 103 cm³/mol. The molecule has 0 saturated carbocycles. The van der Waals surface area contributed by atoms with Gasteiger partial charge in [0.15, 0.2) is 0 Å². The number of methoxy groups -OCH3 is 1. The Hall–Kier alpha value is -2.08. The van der Waals surface area contributed by atoms with Crippen LogP contribution in [0.3, 0.4) is 0 Å². The number of carbonyl (C=O) groups is 1. The second kappa shape index (κ2) is 7.87. The highest BCUT2D eigenvalue weighted by Crippen LogP contribution is 2.22. The summed E-state index contributed by atoms with van der Waals surface area (Å²) in [5, 5.41) is 0. The zero-order chi connectivity index (χ0) is 18.6. The van der Waals surface area contributed by atoms with Crippen LogP contribution in [0, 0.1) is 0 Å². The van der Waals surface area contributed by atoms with Crippen molar-refractivity contribution in [3.05, 3.63) is 40.2 Å². The Kier molecular flexibility index (Phi) is 6.06. The molecule has 0 aliphatic rings. The maximum absolute atomic E-state index is 12.7. The van der Waals surface area contributed by atoms with Crippen molar-refractivity contribution in [3.8, 4) is 5.75 Å². The number of carbonyl (C=O) groups excluding carboxylic acids is 1. The monoisotopic (exact) mass is 361 g/mol. The van der Waals surface area contributed by atoms with Gasteiger partial charge in [-0.3, -0.25) is 8.75 Å². The Morgan fingerprint density at radius 1 is 1.36 bits per heavy atom. The Balaban J connectivity index is 2.50. The number of anilines is 1. The van der Waals surface area contributed by atoms with E-state index in [1.807, 2.05) is 0 Å². The molecule has 0 aliphatic carbocycles. The standard InChI is InChI=1S/C19H27N3O2S/c1-6-7-8-13-12-22(19(2,3)4)25-18(13)21-17(23)15-11-14(20)9-10-16(15)24-5/h9-12H,6-8,20H2,1-5H3/b21-18-.